The van der Waals surface area contributed by atoms with E-state index in [1.165, 1.54) is 22.0 Å². The van der Waals surface area contributed by atoms with Gasteiger partial charge in [0.25, 0.3) is 5.56 Å². The number of fused-ring (bicyclic) bond motifs is 1. The predicted molar refractivity (Wildman–Crippen MR) is 88.1 cm³/mol. The van der Waals surface area contributed by atoms with Gasteiger partial charge >= 0.3 is 0 Å². The lowest BCUT2D eigenvalue weighted by Gasteiger charge is -2.13. The highest BCUT2D eigenvalue weighted by Gasteiger charge is 2.10. The highest BCUT2D eigenvalue weighted by molar-refractivity contribution is 7.17. The molecule has 2 aromatic heterocycles. The minimum Gasteiger partial charge on any atom is -0.389 e. The van der Waals surface area contributed by atoms with Crippen LogP contribution in [0.1, 0.15) is 5.56 Å². The largest absolute Gasteiger partial charge is 0.389 e. The molecule has 1 N–H and O–H groups in total. The van der Waals surface area contributed by atoms with Crippen LogP contribution in [0.5, 0.6) is 0 Å². The van der Waals surface area contributed by atoms with Crippen LogP contribution in [0.3, 0.4) is 0 Å². The van der Waals surface area contributed by atoms with Gasteiger partial charge in [-0.3, -0.25) is 4.79 Å². The Bertz CT molecular complexity index is 858. The van der Waals surface area contributed by atoms with Crippen LogP contribution in [0.4, 0.5) is 4.39 Å². The number of aliphatic hydroxyl groups excluding tert-OH is 1. The predicted octanol–water partition coefficient (Wildman–Crippen LogP) is 2.78. The van der Waals surface area contributed by atoms with Gasteiger partial charge in [-0.2, -0.15) is 0 Å². The molecule has 0 saturated heterocycles. The van der Waals surface area contributed by atoms with Crippen molar-refractivity contribution in [3.8, 4) is 0 Å². The Morgan fingerprint density at radius 3 is 2.91 bits per heavy atom. The van der Waals surface area contributed by atoms with E-state index in [0.717, 1.165) is 4.70 Å². The van der Waals surface area contributed by atoms with Gasteiger partial charge in [0.1, 0.15) is 5.82 Å². The van der Waals surface area contributed by atoms with Crippen molar-refractivity contribution in [1.82, 2.24) is 4.57 Å². The Morgan fingerprint density at radius 1 is 1.26 bits per heavy atom. The zero-order chi connectivity index (χ0) is 16.2. The maximum atomic E-state index is 13.4. The van der Waals surface area contributed by atoms with Gasteiger partial charge in [-0.25, -0.2) is 4.39 Å². The Balaban J connectivity index is 1.58. The van der Waals surface area contributed by atoms with E-state index < -0.39 is 6.10 Å². The standard InChI is InChI=1S/C17H16FNO3S/c18-15-4-2-1-3-12(15)10-22-11-13(20)9-19-7-5-16-14(17(19)21)6-8-23-16/h1-8,13,20H,9-11H2. The van der Waals surface area contributed by atoms with Crippen LogP contribution in [0.15, 0.2) is 52.8 Å². The van der Waals surface area contributed by atoms with Gasteiger partial charge in [0, 0.05) is 16.5 Å². The van der Waals surface area contributed by atoms with Crippen molar-refractivity contribution >= 4 is 21.4 Å². The number of pyridine rings is 1. The molecule has 0 saturated carbocycles. The zero-order valence-corrected chi connectivity index (χ0v) is 13.1. The topological polar surface area (TPSA) is 51.5 Å². The minimum atomic E-state index is -0.837. The van der Waals surface area contributed by atoms with Gasteiger partial charge in [0.15, 0.2) is 0 Å². The van der Waals surface area contributed by atoms with Crippen LogP contribution in [-0.4, -0.2) is 22.4 Å². The average Bonchev–Trinajstić information content (AvgIpc) is 3.01. The summed E-state index contributed by atoms with van der Waals surface area (Å²) in [5.41, 5.74) is 0.313. The lowest BCUT2D eigenvalue weighted by Crippen LogP contribution is -2.28. The van der Waals surface area contributed by atoms with Crippen LogP contribution in [0.2, 0.25) is 0 Å². The molecule has 0 aliphatic rings. The molecule has 6 heteroatoms. The normalized spacial score (nSPS) is 12.6. The van der Waals surface area contributed by atoms with Crippen molar-refractivity contribution in [2.45, 2.75) is 19.3 Å². The number of hydrogen-bond donors (Lipinski definition) is 1. The fourth-order valence-electron chi connectivity index (χ4n) is 2.35. The number of halogens is 1. The van der Waals surface area contributed by atoms with E-state index in [1.807, 2.05) is 11.4 Å². The smallest absolute Gasteiger partial charge is 0.259 e. The highest BCUT2D eigenvalue weighted by atomic mass is 32.1. The molecule has 3 aromatic rings. The Hall–Kier alpha value is -2.02. The Labute approximate surface area is 136 Å². The van der Waals surface area contributed by atoms with Gasteiger partial charge in [-0.15, -0.1) is 11.3 Å². The summed E-state index contributed by atoms with van der Waals surface area (Å²) >= 11 is 1.51. The fraction of sp³-hybridized carbons (Fsp3) is 0.235. The average molecular weight is 333 g/mol. The SMILES string of the molecule is O=c1c2ccsc2ccn1CC(O)COCc1ccccc1F. The van der Waals surface area contributed by atoms with Crippen LogP contribution < -0.4 is 5.56 Å². The van der Waals surface area contributed by atoms with Gasteiger partial charge in [0.05, 0.1) is 31.2 Å². The summed E-state index contributed by atoms with van der Waals surface area (Å²) in [4.78, 5) is 12.2. The molecule has 0 aliphatic carbocycles. The number of rotatable bonds is 6. The third-order valence-electron chi connectivity index (χ3n) is 3.53. The number of hydrogen-bond acceptors (Lipinski definition) is 4. The van der Waals surface area contributed by atoms with Crippen molar-refractivity contribution < 1.29 is 14.2 Å². The molecule has 1 aromatic carbocycles. The van der Waals surface area contributed by atoms with Crippen molar-refractivity contribution in [3.05, 3.63) is 69.7 Å². The number of benzene rings is 1. The Morgan fingerprint density at radius 2 is 2.09 bits per heavy atom. The van der Waals surface area contributed by atoms with Gasteiger partial charge in [0.2, 0.25) is 0 Å². The second-order valence-electron chi connectivity index (χ2n) is 5.23. The molecule has 1 atom stereocenters. The van der Waals surface area contributed by atoms with E-state index in [2.05, 4.69) is 0 Å². The van der Waals surface area contributed by atoms with Crippen molar-refractivity contribution in [2.75, 3.05) is 6.61 Å². The summed E-state index contributed by atoms with van der Waals surface area (Å²) in [7, 11) is 0. The molecule has 2 heterocycles. The van der Waals surface area contributed by atoms with E-state index >= 15 is 0 Å². The highest BCUT2D eigenvalue weighted by Crippen LogP contribution is 2.16. The number of ether oxygens (including phenoxy) is 1. The molecular formula is C17H16FNO3S. The van der Waals surface area contributed by atoms with Crippen LogP contribution >= 0.6 is 11.3 Å². The number of thiophene rings is 1. The summed E-state index contributed by atoms with van der Waals surface area (Å²) in [6, 6.07) is 9.98. The third kappa shape index (κ3) is 3.67. The first kappa shape index (κ1) is 15.9. The van der Waals surface area contributed by atoms with Crippen LogP contribution in [0, 0.1) is 5.82 Å². The first-order valence-corrected chi connectivity index (χ1v) is 8.09. The zero-order valence-electron chi connectivity index (χ0n) is 12.3. The van der Waals surface area contributed by atoms with E-state index in [4.69, 9.17) is 4.74 Å². The summed E-state index contributed by atoms with van der Waals surface area (Å²) in [6.45, 7) is 0.256. The van der Waals surface area contributed by atoms with Gasteiger partial charge in [-0.05, 0) is 23.6 Å². The summed E-state index contributed by atoms with van der Waals surface area (Å²) in [6.07, 6.45) is 0.830. The van der Waals surface area contributed by atoms with E-state index in [0.29, 0.717) is 10.9 Å². The molecule has 0 aliphatic heterocycles. The first-order valence-electron chi connectivity index (χ1n) is 7.21. The van der Waals surface area contributed by atoms with E-state index in [1.54, 1.807) is 30.5 Å². The van der Waals surface area contributed by atoms with Crippen molar-refractivity contribution in [3.63, 3.8) is 0 Å². The third-order valence-corrected chi connectivity index (χ3v) is 4.41. The van der Waals surface area contributed by atoms with Crippen LogP contribution in [0.25, 0.3) is 10.1 Å². The summed E-state index contributed by atoms with van der Waals surface area (Å²) in [5.74, 6) is -0.332. The molecule has 3 rings (SSSR count). The first-order chi connectivity index (χ1) is 11.1. The number of aliphatic hydroxyl groups is 1. The second kappa shape index (κ2) is 7.04. The molecule has 4 nitrogen and oxygen atoms in total. The maximum Gasteiger partial charge on any atom is 0.259 e. The molecule has 1 unspecified atom stereocenters. The summed E-state index contributed by atoms with van der Waals surface area (Å²) < 4.78 is 21.2. The second-order valence-corrected chi connectivity index (χ2v) is 6.18. The monoisotopic (exact) mass is 333 g/mol. The van der Waals surface area contributed by atoms with Crippen LogP contribution in [-0.2, 0) is 17.9 Å². The molecular weight excluding hydrogens is 317 g/mol. The van der Waals surface area contributed by atoms with Gasteiger partial charge in [-0.1, -0.05) is 18.2 Å². The lowest BCUT2D eigenvalue weighted by atomic mass is 10.2. The number of nitrogens with zero attached hydrogens (tertiary/aromatic N) is 1. The molecule has 0 radical (unpaired) electrons. The molecule has 23 heavy (non-hydrogen) atoms. The number of aromatic nitrogens is 1. The van der Waals surface area contributed by atoms with Crippen molar-refractivity contribution in [2.24, 2.45) is 0 Å². The van der Waals surface area contributed by atoms with Gasteiger partial charge < -0.3 is 14.4 Å². The molecule has 0 fully saturated rings. The molecule has 120 valence electrons. The summed E-state index contributed by atoms with van der Waals surface area (Å²) in [5, 5.41) is 12.5. The lowest BCUT2D eigenvalue weighted by molar-refractivity contribution is 0.0191. The molecule has 0 bridgehead atoms. The molecule has 0 spiro atoms. The maximum absolute atomic E-state index is 13.4. The Kier molecular flexibility index (Phi) is 4.85. The van der Waals surface area contributed by atoms with Crippen molar-refractivity contribution in [1.29, 1.82) is 0 Å². The van der Waals surface area contributed by atoms with E-state index in [9.17, 15) is 14.3 Å². The quantitative estimate of drug-likeness (QED) is 0.755. The minimum absolute atomic E-state index is 0.0302. The van der Waals surface area contributed by atoms with E-state index in [-0.39, 0.29) is 31.1 Å². The molecule has 0 amide bonds. The fourth-order valence-corrected chi connectivity index (χ4v) is 3.12.